The van der Waals surface area contributed by atoms with E-state index in [0.717, 1.165) is 36.5 Å². The van der Waals surface area contributed by atoms with Gasteiger partial charge in [-0.2, -0.15) is 0 Å². The van der Waals surface area contributed by atoms with Crippen molar-refractivity contribution in [3.63, 3.8) is 0 Å². The normalized spacial score (nSPS) is 24.9. The summed E-state index contributed by atoms with van der Waals surface area (Å²) in [4.78, 5) is 0.890. The van der Waals surface area contributed by atoms with Crippen molar-refractivity contribution < 1.29 is 8.95 Å². The van der Waals surface area contributed by atoms with Crippen LogP contribution in [0.4, 0.5) is 0 Å². The van der Waals surface area contributed by atoms with Gasteiger partial charge in [0, 0.05) is 16.2 Å². The Morgan fingerprint density at radius 2 is 2.26 bits per heavy atom. The highest BCUT2D eigenvalue weighted by atomic mass is 32.2. The highest BCUT2D eigenvalue weighted by Gasteiger charge is 2.26. The molecule has 1 N–H and O–H groups in total. The van der Waals surface area contributed by atoms with Crippen molar-refractivity contribution in [2.24, 2.45) is 0 Å². The van der Waals surface area contributed by atoms with Gasteiger partial charge in [-0.25, -0.2) is 0 Å². The molecule has 3 atom stereocenters. The summed E-state index contributed by atoms with van der Waals surface area (Å²) in [5.41, 5.74) is 0. The number of nitrogens with one attached hydrogen (secondary N) is 1. The Kier molecular flexibility index (Phi) is 5.40. The van der Waals surface area contributed by atoms with Gasteiger partial charge in [0.25, 0.3) is 0 Å². The fraction of sp³-hybridized carbons (Fsp3) is 0.600. The summed E-state index contributed by atoms with van der Waals surface area (Å²) >= 11 is 0. The number of methoxy groups -OCH3 is 1. The van der Waals surface area contributed by atoms with E-state index in [-0.39, 0.29) is 5.25 Å². The Morgan fingerprint density at radius 1 is 1.42 bits per heavy atom. The lowest BCUT2D eigenvalue weighted by Crippen LogP contribution is -2.37. The highest BCUT2D eigenvalue weighted by molar-refractivity contribution is 7.85. The van der Waals surface area contributed by atoms with Crippen LogP contribution < -0.4 is 10.1 Å². The molecule has 0 aromatic heterocycles. The van der Waals surface area contributed by atoms with Gasteiger partial charge >= 0.3 is 0 Å². The first-order valence-electron chi connectivity index (χ1n) is 7.02. The van der Waals surface area contributed by atoms with E-state index in [0.29, 0.717) is 6.04 Å². The molecule has 106 valence electrons. The third-order valence-corrected chi connectivity index (χ3v) is 5.45. The van der Waals surface area contributed by atoms with E-state index < -0.39 is 10.8 Å². The van der Waals surface area contributed by atoms with E-state index in [2.05, 4.69) is 12.2 Å². The molecular formula is C15H23NO2S. The largest absolute Gasteiger partial charge is 0.497 e. The zero-order valence-electron chi connectivity index (χ0n) is 11.7. The topological polar surface area (TPSA) is 38.3 Å². The predicted octanol–water partition coefficient (Wildman–Crippen LogP) is 2.72. The van der Waals surface area contributed by atoms with E-state index in [4.69, 9.17) is 4.74 Å². The molecule has 19 heavy (non-hydrogen) atoms. The molecule has 3 unspecified atom stereocenters. The summed E-state index contributed by atoms with van der Waals surface area (Å²) in [5.74, 6) is 0.782. The average Bonchev–Trinajstić information content (AvgIpc) is 2.47. The standard InChI is InChI=1S/C15H23NO2S/c1-3-16-12-6-4-8-14(10-12)19(17)15-9-5-7-13(11-15)18-2/h5,7,9,11-12,14,16H,3-4,6,8,10H2,1-2H3. The smallest absolute Gasteiger partial charge is 0.120 e. The first kappa shape index (κ1) is 14.5. The first-order chi connectivity index (χ1) is 9.24. The second-order valence-electron chi connectivity index (χ2n) is 5.02. The quantitative estimate of drug-likeness (QED) is 0.902. The first-order valence-corrected chi connectivity index (χ1v) is 8.24. The van der Waals surface area contributed by atoms with Gasteiger partial charge in [-0.15, -0.1) is 0 Å². The molecule has 1 aliphatic carbocycles. The van der Waals surface area contributed by atoms with Crippen LogP contribution in [0, 0.1) is 0 Å². The van der Waals surface area contributed by atoms with Gasteiger partial charge in [-0.1, -0.05) is 19.4 Å². The molecule has 1 aromatic rings. The van der Waals surface area contributed by atoms with E-state index in [1.54, 1.807) is 7.11 Å². The van der Waals surface area contributed by atoms with Gasteiger partial charge in [-0.05, 0) is 44.0 Å². The molecule has 2 rings (SSSR count). The van der Waals surface area contributed by atoms with Gasteiger partial charge < -0.3 is 10.1 Å². The fourth-order valence-electron chi connectivity index (χ4n) is 2.73. The third-order valence-electron chi connectivity index (χ3n) is 3.70. The maximum atomic E-state index is 12.6. The molecule has 1 fully saturated rings. The summed E-state index contributed by atoms with van der Waals surface area (Å²) in [6, 6.07) is 8.17. The van der Waals surface area contributed by atoms with Crippen molar-refractivity contribution in [3.05, 3.63) is 24.3 Å². The second-order valence-corrected chi connectivity index (χ2v) is 6.75. The maximum absolute atomic E-state index is 12.6. The van der Waals surface area contributed by atoms with E-state index in [9.17, 15) is 4.21 Å². The van der Waals surface area contributed by atoms with Gasteiger partial charge in [-0.3, -0.25) is 4.21 Å². The minimum absolute atomic E-state index is 0.268. The Morgan fingerprint density at radius 3 is 3.00 bits per heavy atom. The molecule has 3 nitrogen and oxygen atoms in total. The molecule has 0 saturated heterocycles. The van der Waals surface area contributed by atoms with Crippen molar-refractivity contribution in [2.45, 2.75) is 48.8 Å². The Labute approximate surface area is 118 Å². The van der Waals surface area contributed by atoms with Gasteiger partial charge in [0.1, 0.15) is 5.75 Å². The summed E-state index contributed by atoms with van der Waals surface area (Å²) in [5, 5.41) is 3.75. The van der Waals surface area contributed by atoms with Crippen LogP contribution in [0.1, 0.15) is 32.6 Å². The Hall–Kier alpha value is -0.870. The molecule has 0 heterocycles. The van der Waals surface area contributed by atoms with Gasteiger partial charge in [0.05, 0.1) is 17.9 Å². The van der Waals surface area contributed by atoms with Crippen LogP contribution in [-0.4, -0.2) is 29.2 Å². The van der Waals surface area contributed by atoms with Crippen LogP contribution in [0.2, 0.25) is 0 Å². The average molecular weight is 281 g/mol. The molecule has 0 radical (unpaired) electrons. The van der Waals surface area contributed by atoms with Crippen LogP contribution in [-0.2, 0) is 10.8 Å². The van der Waals surface area contributed by atoms with E-state index >= 15 is 0 Å². The Bertz CT molecular complexity index is 434. The fourth-order valence-corrected chi connectivity index (χ4v) is 4.35. The van der Waals surface area contributed by atoms with Crippen molar-refractivity contribution in [2.75, 3.05) is 13.7 Å². The van der Waals surface area contributed by atoms with Gasteiger partial charge in [0.15, 0.2) is 0 Å². The molecule has 1 aromatic carbocycles. The number of rotatable bonds is 5. The summed E-state index contributed by atoms with van der Waals surface area (Å²) in [6.07, 6.45) is 4.45. The molecule has 0 amide bonds. The molecule has 1 saturated carbocycles. The van der Waals surface area contributed by atoms with Crippen molar-refractivity contribution >= 4 is 10.8 Å². The summed E-state index contributed by atoms with van der Waals surface area (Å²) in [7, 11) is 0.717. The minimum Gasteiger partial charge on any atom is -0.497 e. The molecule has 4 heteroatoms. The summed E-state index contributed by atoms with van der Waals surface area (Å²) < 4.78 is 17.9. The number of benzene rings is 1. The predicted molar refractivity (Wildman–Crippen MR) is 79.1 cm³/mol. The number of hydrogen-bond acceptors (Lipinski definition) is 3. The lowest BCUT2D eigenvalue weighted by molar-refractivity contribution is 0.383. The number of ether oxygens (including phenoxy) is 1. The lowest BCUT2D eigenvalue weighted by atomic mass is 9.95. The van der Waals surface area contributed by atoms with Crippen molar-refractivity contribution in [3.8, 4) is 5.75 Å². The van der Waals surface area contributed by atoms with Crippen LogP contribution in [0.3, 0.4) is 0 Å². The molecular weight excluding hydrogens is 258 g/mol. The summed E-state index contributed by atoms with van der Waals surface area (Å²) in [6.45, 7) is 3.12. The minimum atomic E-state index is -0.926. The van der Waals surface area contributed by atoms with Crippen molar-refractivity contribution in [1.29, 1.82) is 0 Å². The van der Waals surface area contributed by atoms with Crippen LogP contribution in [0.25, 0.3) is 0 Å². The lowest BCUT2D eigenvalue weighted by Gasteiger charge is -2.29. The van der Waals surface area contributed by atoms with Crippen molar-refractivity contribution in [1.82, 2.24) is 5.32 Å². The van der Waals surface area contributed by atoms with Crippen LogP contribution in [0.5, 0.6) is 5.75 Å². The second kappa shape index (κ2) is 7.06. The van der Waals surface area contributed by atoms with Crippen LogP contribution >= 0.6 is 0 Å². The molecule has 0 bridgehead atoms. The Balaban J connectivity index is 2.05. The monoisotopic (exact) mass is 281 g/mol. The molecule has 0 aliphatic heterocycles. The maximum Gasteiger partial charge on any atom is 0.120 e. The van der Waals surface area contributed by atoms with E-state index in [1.807, 2.05) is 24.3 Å². The molecule has 0 spiro atoms. The number of hydrogen-bond donors (Lipinski definition) is 1. The highest BCUT2D eigenvalue weighted by Crippen LogP contribution is 2.27. The zero-order valence-corrected chi connectivity index (χ0v) is 12.5. The van der Waals surface area contributed by atoms with Gasteiger partial charge in [0.2, 0.25) is 0 Å². The molecule has 1 aliphatic rings. The van der Waals surface area contributed by atoms with E-state index in [1.165, 1.54) is 6.42 Å². The van der Waals surface area contributed by atoms with Crippen LogP contribution in [0.15, 0.2) is 29.2 Å². The SMILES string of the molecule is CCNC1CCCC(S(=O)c2cccc(OC)c2)C1. The third kappa shape index (κ3) is 3.80. The zero-order chi connectivity index (χ0) is 13.7.